The zero-order valence-electron chi connectivity index (χ0n) is 11.7. The smallest absolute Gasteiger partial charge is 0.239 e. The van der Waals surface area contributed by atoms with Crippen LogP contribution >= 0.6 is 0 Å². The fourth-order valence-corrected chi connectivity index (χ4v) is 1.55. The van der Waals surface area contributed by atoms with Crippen LogP contribution in [0.3, 0.4) is 0 Å². The first-order valence-corrected chi connectivity index (χ1v) is 6.47. The van der Waals surface area contributed by atoms with Crippen LogP contribution in [0.5, 0.6) is 0 Å². The van der Waals surface area contributed by atoms with E-state index in [-0.39, 0.29) is 18.4 Å². The van der Waals surface area contributed by atoms with Gasteiger partial charge < -0.3 is 16.0 Å². The molecule has 0 bridgehead atoms. The molecule has 0 radical (unpaired) electrons. The summed E-state index contributed by atoms with van der Waals surface area (Å²) in [4.78, 5) is 22.7. The second-order valence-electron chi connectivity index (χ2n) is 4.24. The van der Waals surface area contributed by atoms with Crippen LogP contribution in [0.4, 0.5) is 11.4 Å². The fraction of sp³-hybridized carbons (Fsp3) is 0.429. The lowest BCUT2D eigenvalue weighted by Gasteiger charge is -2.11. The number of hydrogen-bond donors (Lipinski definition) is 3. The van der Waals surface area contributed by atoms with E-state index in [2.05, 4.69) is 16.0 Å². The number of nitrogens with one attached hydrogen (secondary N) is 3. The zero-order chi connectivity index (χ0) is 14.3. The Bertz CT molecular complexity index is 458. The van der Waals surface area contributed by atoms with Gasteiger partial charge in [-0.15, -0.1) is 0 Å². The maximum absolute atomic E-state index is 11.4. The second-order valence-corrected chi connectivity index (χ2v) is 4.24. The lowest BCUT2D eigenvalue weighted by molar-refractivity contribution is -0.119. The molecule has 19 heavy (non-hydrogen) atoms. The first kappa shape index (κ1) is 15.0. The van der Waals surface area contributed by atoms with Gasteiger partial charge in [0.15, 0.2) is 0 Å². The van der Waals surface area contributed by atoms with Crippen LogP contribution in [0, 0.1) is 6.92 Å². The molecule has 0 aliphatic carbocycles. The number of likely N-dealkylation sites (N-methyl/N-ethyl adjacent to an activating group) is 1. The predicted molar refractivity (Wildman–Crippen MR) is 77.3 cm³/mol. The molecule has 5 nitrogen and oxygen atoms in total. The molecule has 0 fully saturated rings. The number of hydrogen-bond acceptors (Lipinski definition) is 3. The molecule has 0 aliphatic heterocycles. The summed E-state index contributed by atoms with van der Waals surface area (Å²) in [7, 11) is 0. The Labute approximate surface area is 113 Å². The summed E-state index contributed by atoms with van der Waals surface area (Å²) >= 11 is 0. The van der Waals surface area contributed by atoms with Crippen molar-refractivity contribution in [2.75, 3.05) is 23.7 Å². The number of amides is 2. The van der Waals surface area contributed by atoms with Crippen molar-refractivity contribution in [1.82, 2.24) is 5.32 Å². The minimum Gasteiger partial charge on any atom is -0.376 e. The van der Waals surface area contributed by atoms with E-state index in [4.69, 9.17) is 0 Å². The van der Waals surface area contributed by atoms with Gasteiger partial charge in [-0.05, 0) is 31.5 Å². The molecule has 0 unspecified atom stereocenters. The Morgan fingerprint density at radius 3 is 2.53 bits per heavy atom. The number of benzene rings is 1. The summed E-state index contributed by atoms with van der Waals surface area (Å²) in [6.45, 7) is 6.45. The van der Waals surface area contributed by atoms with Gasteiger partial charge in [-0.1, -0.05) is 13.0 Å². The van der Waals surface area contributed by atoms with Gasteiger partial charge in [-0.25, -0.2) is 0 Å². The topological polar surface area (TPSA) is 70.2 Å². The summed E-state index contributed by atoms with van der Waals surface area (Å²) in [5.74, 6) is -0.0776. The minimum atomic E-state index is -0.0535. The minimum absolute atomic E-state index is 0.0241. The van der Waals surface area contributed by atoms with Crippen LogP contribution < -0.4 is 16.0 Å². The van der Waals surface area contributed by atoms with Crippen molar-refractivity contribution in [2.45, 2.75) is 27.2 Å². The lowest BCUT2D eigenvalue weighted by Crippen LogP contribution is -2.29. The Balaban J connectivity index is 2.67. The highest BCUT2D eigenvalue weighted by Gasteiger charge is 2.05. The maximum atomic E-state index is 11.4. The number of carbonyl (C=O) groups excluding carboxylic acids is 2. The summed E-state index contributed by atoms with van der Waals surface area (Å²) in [5.41, 5.74) is 2.57. The molecule has 2 amide bonds. The van der Waals surface area contributed by atoms with E-state index in [0.29, 0.717) is 13.0 Å². The summed E-state index contributed by atoms with van der Waals surface area (Å²) < 4.78 is 0. The molecule has 0 saturated carbocycles. The normalized spacial score (nSPS) is 9.84. The summed E-state index contributed by atoms with van der Waals surface area (Å²) in [6, 6.07) is 5.63. The average molecular weight is 263 g/mol. The molecule has 1 aromatic rings. The quantitative estimate of drug-likeness (QED) is 0.734. The highest BCUT2D eigenvalue weighted by Crippen LogP contribution is 2.20. The third kappa shape index (κ3) is 4.99. The van der Waals surface area contributed by atoms with E-state index in [1.165, 1.54) is 0 Å². The molecule has 0 aromatic heterocycles. The Hall–Kier alpha value is -2.04. The molecule has 1 rings (SSSR count). The molecule has 3 N–H and O–H groups in total. The van der Waals surface area contributed by atoms with Crippen molar-refractivity contribution in [3.05, 3.63) is 23.8 Å². The molecular weight excluding hydrogens is 242 g/mol. The lowest BCUT2D eigenvalue weighted by atomic mass is 10.1. The van der Waals surface area contributed by atoms with E-state index in [1.54, 1.807) is 0 Å². The largest absolute Gasteiger partial charge is 0.376 e. The molecular formula is C14H21N3O2. The van der Waals surface area contributed by atoms with Gasteiger partial charge in [0.05, 0.1) is 6.54 Å². The van der Waals surface area contributed by atoms with E-state index in [9.17, 15) is 9.59 Å². The SMILES string of the molecule is CCNC(=O)CNc1ccc(C)c(NC(=O)CC)c1. The highest BCUT2D eigenvalue weighted by atomic mass is 16.2. The van der Waals surface area contributed by atoms with Gasteiger partial charge >= 0.3 is 0 Å². The van der Waals surface area contributed by atoms with Gasteiger partial charge in [0.2, 0.25) is 11.8 Å². The molecule has 0 aliphatic rings. The molecule has 0 atom stereocenters. The standard InChI is InChI=1S/C14H21N3O2/c1-4-13(18)17-12-8-11(7-6-10(12)3)16-9-14(19)15-5-2/h6-8,16H,4-5,9H2,1-3H3,(H,15,19)(H,17,18). The van der Waals surface area contributed by atoms with Crippen molar-refractivity contribution in [3.8, 4) is 0 Å². The van der Waals surface area contributed by atoms with E-state index in [1.807, 2.05) is 39.0 Å². The fourth-order valence-electron chi connectivity index (χ4n) is 1.55. The highest BCUT2D eigenvalue weighted by molar-refractivity contribution is 5.92. The summed E-state index contributed by atoms with van der Waals surface area (Å²) in [5, 5.41) is 8.57. The molecule has 1 aromatic carbocycles. The third-order valence-electron chi connectivity index (χ3n) is 2.66. The predicted octanol–water partition coefficient (Wildman–Crippen LogP) is 1.89. The van der Waals surface area contributed by atoms with Crippen LogP contribution in [-0.2, 0) is 9.59 Å². The number of carbonyl (C=O) groups is 2. The van der Waals surface area contributed by atoms with Crippen molar-refractivity contribution >= 4 is 23.2 Å². The molecule has 0 saturated heterocycles. The molecule has 104 valence electrons. The number of aryl methyl sites for hydroxylation is 1. The van der Waals surface area contributed by atoms with Gasteiger partial charge in [-0.2, -0.15) is 0 Å². The van der Waals surface area contributed by atoms with Crippen molar-refractivity contribution in [1.29, 1.82) is 0 Å². The maximum Gasteiger partial charge on any atom is 0.239 e. The van der Waals surface area contributed by atoms with Gasteiger partial charge in [0.1, 0.15) is 0 Å². The first-order chi connectivity index (χ1) is 9.06. The second kappa shape index (κ2) is 7.41. The molecule has 5 heteroatoms. The van der Waals surface area contributed by atoms with E-state index >= 15 is 0 Å². The Morgan fingerprint density at radius 2 is 1.89 bits per heavy atom. The first-order valence-electron chi connectivity index (χ1n) is 6.47. The van der Waals surface area contributed by atoms with E-state index in [0.717, 1.165) is 16.9 Å². The zero-order valence-corrected chi connectivity index (χ0v) is 11.7. The van der Waals surface area contributed by atoms with Crippen molar-refractivity contribution < 1.29 is 9.59 Å². The molecule has 0 spiro atoms. The van der Waals surface area contributed by atoms with Gasteiger partial charge in [0.25, 0.3) is 0 Å². The number of rotatable bonds is 6. The summed E-state index contributed by atoms with van der Waals surface area (Å²) in [6.07, 6.45) is 0.440. The van der Waals surface area contributed by atoms with Crippen LogP contribution in [0.2, 0.25) is 0 Å². The van der Waals surface area contributed by atoms with Gasteiger partial charge in [0, 0.05) is 24.3 Å². The van der Waals surface area contributed by atoms with Crippen LogP contribution in [0.15, 0.2) is 18.2 Å². The number of anilines is 2. The monoisotopic (exact) mass is 263 g/mol. The van der Waals surface area contributed by atoms with Crippen LogP contribution in [-0.4, -0.2) is 24.9 Å². The van der Waals surface area contributed by atoms with Crippen molar-refractivity contribution in [3.63, 3.8) is 0 Å². The third-order valence-corrected chi connectivity index (χ3v) is 2.66. The van der Waals surface area contributed by atoms with Gasteiger partial charge in [-0.3, -0.25) is 9.59 Å². The Kier molecular flexibility index (Phi) is 5.85. The average Bonchev–Trinajstić information content (AvgIpc) is 2.39. The molecule has 0 heterocycles. The van der Waals surface area contributed by atoms with Crippen LogP contribution in [0.25, 0.3) is 0 Å². The van der Waals surface area contributed by atoms with Crippen molar-refractivity contribution in [2.24, 2.45) is 0 Å². The Morgan fingerprint density at radius 1 is 1.16 bits per heavy atom. The van der Waals surface area contributed by atoms with Crippen LogP contribution in [0.1, 0.15) is 25.8 Å². The van der Waals surface area contributed by atoms with E-state index < -0.39 is 0 Å².